The number of benzene rings is 1. The van der Waals surface area contributed by atoms with E-state index in [9.17, 15) is 4.79 Å². The van der Waals surface area contributed by atoms with E-state index in [-0.39, 0.29) is 18.0 Å². The first-order valence-electron chi connectivity index (χ1n) is 6.14. The van der Waals surface area contributed by atoms with Crippen molar-refractivity contribution in [3.8, 4) is 0 Å². The second kappa shape index (κ2) is 5.82. The van der Waals surface area contributed by atoms with Gasteiger partial charge in [0, 0.05) is 17.1 Å². The smallest absolute Gasteiger partial charge is 0.234 e. The summed E-state index contributed by atoms with van der Waals surface area (Å²) in [5.74, 6) is -0.249. The van der Waals surface area contributed by atoms with E-state index < -0.39 is 0 Å². The molecule has 0 spiro atoms. The van der Waals surface area contributed by atoms with Crippen LogP contribution in [0.2, 0.25) is 0 Å². The minimum absolute atomic E-state index is 0.0579. The summed E-state index contributed by atoms with van der Waals surface area (Å²) in [4.78, 5) is 13.6. The second-order valence-electron chi connectivity index (χ2n) is 4.60. The van der Waals surface area contributed by atoms with Crippen LogP contribution in [0.25, 0.3) is 0 Å². The maximum atomic E-state index is 11.5. The Hall–Kier alpha value is -0.910. The highest BCUT2D eigenvalue weighted by molar-refractivity contribution is 9.10. The average molecular weight is 312 g/mol. The predicted molar refractivity (Wildman–Crippen MR) is 74.9 cm³/mol. The normalized spacial score (nSPS) is 22.0. The minimum atomic E-state index is -0.249. The van der Waals surface area contributed by atoms with Gasteiger partial charge in [0.1, 0.15) is 0 Å². The number of likely N-dealkylation sites (tertiary alicyclic amines) is 1. The largest absolute Gasteiger partial charge is 0.368 e. The van der Waals surface area contributed by atoms with Gasteiger partial charge in [-0.3, -0.25) is 9.69 Å². The number of rotatable bonds is 4. The fourth-order valence-corrected chi connectivity index (χ4v) is 3.06. The fourth-order valence-electron chi connectivity index (χ4n) is 2.64. The Morgan fingerprint density at radius 3 is 2.94 bits per heavy atom. The first-order chi connectivity index (χ1) is 8.63. The van der Waals surface area contributed by atoms with Crippen molar-refractivity contribution in [3.05, 3.63) is 34.3 Å². The van der Waals surface area contributed by atoms with Gasteiger partial charge in [-0.15, -0.1) is 0 Å². The average Bonchev–Trinajstić information content (AvgIpc) is 2.79. The highest BCUT2D eigenvalue weighted by atomic mass is 79.9. The van der Waals surface area contributed by atoms with Crippen molar-refractivity contribution in [2.24, 2.45) is 11.5 Å². The number of primary amides is 1. The quantitative estimate of drug-likeness (QED) is 0.883. The molecule has 4 N–H and O–H groups in total. The van der Waals surface area contributed by atoms with Gasteiger partial charge < -0.3 is 11.5 Å². The van der Waals surface area contributed by atoms with Crippen molar-refractivity contribution in [1.29, 1.82) is 0 Å². The molecule has 0 aromatic heterocycles. The summed E-state index contributed by atoms with van der Waals surface area (Å²) < 4.78 is 1.02. The van der Waals surface area contributed by atoms with Crippen molar-refractivity contribution >= 4 is 21.8 Å². The van der Waals surface area contributed by atoms with Crippen LogP contribution in [0.3, 0.4) is 0 Å². The van der Waals surface area contributed by atoms with Gasteiger partial charge in [-0.2, -0.15) is 0 Å². The molecule has 1 amide bonds. The number of carbonyl (C=O) groups excluding carboxylic acids is 1. The Kier molecular flexibility index (Phi) is 4.37. The molecule has 5 heteroatoms. The first kappa shape index (κ1) is 13.5. The summed E-state index contributed by atoms with van der Waals surface area (Å²) in [6.45, 7) is 1.36. The molecule has 1 aromatic rings. The van der Waals surface area contributed by atoms with Crippen LogP contribution in [0, 0.1) is 0 Å². The van der Waals surface area contributed by atoms with Gasteiger partial charge in [-0.25, -0.2) is 0 Å². The number of amides is 1. The zero-order valence-corrected chi connectivity index (χ0v) is 11.8. The SMILES string of the molecule is NCC(c1cccc(Br)c1)N1CCCC1C(N)=O. The van der Waals surface area contributed by atoms with Crippen LogP contribution >= 0.6 is 15.9 Å². The summed E-state index contributed by atoms with van der Waals surface area (Å²) >= 11 is 3.46. The Balaban J connectivity index is 2.25. The number of carbonyl (C=O) groups is 1. The maximum absolute atomic E-state index is 11.5. The molecule has 1 aliphatic heterocycles. The monoisotopic (exact) mass is 311 g/mol. The molecule has 4 nitrogen and oxygen atoms in total. The molecule has 1 aromatic carbocycles. The molecule has 1 heterocycles. The van der Waals surface area contributed by atoms with E-state index in [0.29, 0.717) is 6.54 Å². The molecule has 0 bridgehead atoms. The van der Waals surface area contributed by atoms with Gasteiger partial charge in [0.25, 0.3) is 0 Å². The van der Waals surface area contributed by atoms with Crippen LogP contribution in [-0.4, -0.2) is 29.9 Å². The topological polar surface area (TPSA) is 72.3 Å². The summed E-state index contributed by atoms with van der Waals surface area (Å²) in [7, 11) is 0. The van der Waals surface area contributed by atoms with Crippen LogP contribution in [0.4, 0.5) is 0 Å². The van der Waals surface area contributed by atoms with Crippen molar-refractivity contribution in [2.75, 3.05) is 13.1 Å². The Morgan fingerprint density at radius 2 is 2.33 bits per heavy atom. The van der Waals surface area contributed by atoms with Crippen molar-refractivity contribution < 1.29 is 4.79 Å². The molecule has 2 rings (SSSR count). The molecule has 18 heavy (non-hydrogen) atoms. The lowest BCUT2D eigenvalue weighted by atomic mass is 10.0. The molecule has 1 aliphatic rings. The van der Waals surface area contributed by atoms with Crippen LogP contribution in [0.15, 0.2) is 28.7 Å². The van der Waals surface area contributed by atoms with E-state index in [2.05, 4.69) is 20.8 Å². The zero-order chi connectivity index (χ0) is 13.1. The number of nitrogens with two attached hydrogens (primary N) is 2. The van der Waals surface area contributed by atoms with Gasteiger partial charge in [-0.05, 0) is 37.1 Å². The molecule has 2 atom stereocenters. The third-order valence-electron chi connectivity index (χ3n) is 3.48. The van der Waals surface area contributed by atoms with E-state index in [0.717, 1.165) is 29.4 Å². The van der Waals surface area contributed by atoms with Crippen LogP contribution in [-0.2, 0) is 4.79 Å². The number of hydrogen-bond acceptors (Lipinski definition) is 3. The van der Waals surface area contributed by atoms with Crippen LogP contribution in [0.1, 0.15) is 24.4 Å². The molecule has 0 radical (unpaired) electrons. The second-order valence-corrected chi connectivity index (χ2v) is 5.52. The molecular weight excluding hydrogens is 294 g/mol. The molecule has 1 saturated heterocycles. The number of hydrogen-bond donors (Lipinski definition) is 2. The Labute approximate surface area is 115 Å². The summed E-state index contributed by atoms with van der Waals surface area (Å²) in [6.07, 6.45) is 1.83. The lowest BCUT2D eigenvalue weighted by molar-refractivity contribution is -0.122. The summed E-state index contributed by atoms with van der Waals surface area (Å²) in [6, 6.07) is 7.93. The highest BCUT2D eigenvalue weighted by Gasteiger charge is 2.34. The van der Waals surface area contributed by atoms with Crippen LogP contribution < -0.4 is 11.5 Å². The van der Waals surface area contributed by atoms with Gasteiger partial charge in [0.15, 0.2) is 0 Å². The molecule has 0 aliphatic carbocycles. The highest BCUT2D eigenvalue weighted by Crippen LogP contribution is 2.29. The third kappa shape index (κ3) is 2.74. The molecule has 0 saturated carbocycles. The zero-order valence-electron chi connectivity index (χ0n) is 10.2. The number of nitrogens with zero attached hydrogens (tertiary/aromatic N) is 1. The predicted octanol–water partition coefficient (Wildman–Crippen LogP) is 1.40. The summed E-state index contributed by atoms with van der Waals surface area (Å²) in [5, 5.41) is 0. The lowest BCUT2D eigenvalue weighted by Crippen LogP contribution is -2.44. The fraction of sp³-hybridized carbons (Fsp3) is 0.462. The van der Waals surface area contributed by atoms with E-state index in [1.165, 1.54) is 0 Å². The molecule has 2 unspecified atom stereocenters. The van der Waals surface area contributed by atoms with Gasteiger partial charge >= 0.3 is 0 Å². The minimum Gasteiger partial charge on any atom is -0.368 e. The van der Waals surface area contributed by atoms with Crippen LogP contribution in [0.5, 0.6) is 0 Å². The third-order valence-corrected chi connectivity index (χ3v) is 3.97. The van der Waals surface area contributed by atoms with E-state index in [1.54, 1.807) is 0 Å². The van der Waals surface area contributed by atoms with E-state index in [1.807, 2.05) is 24.3 Å². The number of halogens is 1. The Morgan fingerprint density at radius 1 is 1.56 bits per heavy atom. The van der Waals surface area contributed by atoms with Gasteiger partial charge in [-0.1, -0.05) is 28.1 Å². The van der Waals surface area contributed by atoms with E-state index >= 15 is 0 Å². The van der Waals surface area contributed by atoms with E-state index in [4.69, 9.17) is 11.5 Å². The molecular formula is C13H18BrN3O. The van der Waals surface area contributed by atoms with Crippen molar-refractivity contribution in [1.82, 2.24) is 4.90 Å². The van der Waals surface area contributed by atoms with Crippen molar-refractivity contribution in [3.63, 3.8) is 0 Å². The summed E-state index contributed by atoms with van der Waals surface area (Å²) in [5.41, 5.74) is 12.5. The van der Waals surface area contributed by atoms with Crippen molar-refractivity contribution in [2.45, 2.75) is 24.9 Å². The molecule has 1 fully saturated rings. The lowest BCUT2D eigenvalue weighted by Gasteiger charge is -2.31. The maximum Gasteiger partial charge on any atom is 0.234 e. The standard InChI is InChI=1S/C13H18BrN3O/c14-10-4-1-3-9(7-10)12(8-15)17-6-2-5-11(17)13(16)18/h1,3-4,7,11-12H,2,5-6,8,15H2,(H2,16,18). The Bertz CT molecular complexity index is 438. The van der Waals surface area contributed by atoms with Gasteiger partial charge in [0.2, 0.25) is 5.91 Å². The van der Waals surface area contributed by atoms with Gasteiger partial charge in [0.05, 0.1) is 6.04 Å². The molecule has 98 valence electrons. The first-order valence-corrected chi connectivity index (χ1v) is 6.93.